The van der Waals surface area contributed by atoms with E-state index in [1.165, 1.54) is 5.56 Å². The van der Waals surface area contributed by atoms with Gasteiger partial charge in [-0.1, -0.05) is 27.6 Å². The van der Waals surface area contributed by atoms with E-state index in [2.05, 4.69) is 65.9 Å². The Morgan fingerprint density at radius 2 is 2.00 bits per heavy atom. The van der Waals surface area contributed by atoms with Crippen molar-refractivity contribution in [2.45, 2.75) is 6.92 Å². The molecular weight excluding hydrogens is 358 g/mol. The largest absolute Gasteiger partial charge is 0.337 e. The molecule has 5 heteroatoms. The van der Waals surface area contributed by atoms with Gasteiger partial charge in [0.05, 0.1) is 5.52 Å². The van der Waals surface area contributed by atoms with Crippen LogP contribution in [0, 0.1) is 6.92 Å². The van der Waals surface area contributed by atoms with Gasteiger partial charge in [0.25, 0.3) is 0 Å². The van der Waals surface area contributed by atoms with Gasteiger partial charge in [0.2, 0.25) is 0 Å². The molecule has 0 aliphatic heterocycles. The summed E-state index contributed by atoms with van der Waals surface area (Å²) in [5.74, 6) is 0.825. The number of imidazole rings is 1. The number of halogens is 2. The molecule has 0 fully saturated rings. The predicted octanol–water partition coefficient (Wildman–Crippen LogP) is 4.46. The molecule has 2 aromatic heterocycles. The lowest BCUT2D eigenvalue weighted by molar-refractivity contribution is 1.29. The fraction of sp³-hybridized carbons (Fsp3) is 0.0769. The fourth-order valence-electron chi connectivity index (χ4n) is 1.82. The first kappa shape index (κ1) is 11.9. The highest BCUT2D eigenvalue weighted by atomic mass is 79.9. The number of fused-ring (bicyclic) bond motifs is 1. The van der Waals surface area contributed by atoms with Gasteiger partial charge in [-0.05, 0) is 41.1 Å². The molecule has 0 amide bonds. The maximum Gasteiger partial charge on any atom is 0.178 e. The molecule has 0 saturated heterocycles. The highest BCUT2D eigenvalue weighted by Gasteiger charge is 2.09. The van der Waals surface area contributed by atoms with E-state index < -0.39 is 0 Å². The summed E-state index contributed by atoms with van der Waals surface area (Å²) < 4.78 is 1.96. The molecule has 3 aromatic rings. The van der Waals surface area contributed by atoms with Gasteiger partial charge in [0.15, 0.2) is 5.65 Å². The van der Waals surface area contributed by atoms with Crippen molar-refractivity contribution in [1.82, 2.24) is 15.0 Å². The molecular formula is C13H9Br2N3. The number of hydrogen-bond acceptors (Lipinski definition) is 2. The van der Waals surface area contributed by atoms with Crippen LogP contribution in [0.3, 0.4) is 0 Å². The Balaban J connectivity index is 2.22. The molecule has 0 spiro atoms. The van der Waals surface area contributed by atoms with Crippen molar-refractivity contribution < 1.29 is 0 Å². The Labute approximate surface area is 121 Å². The molecule has 0 aliphatic carbocycles. The number of pyridine rings is 1. The monoisotopic (exact) mass is 365 g/mol. The van der Waals surface area contributed by atoms with Gasteiger partial charge < -0.3 is 4.98 Å². The predicted molar refractivity (Wildman–Crippen MR) is 79.5 cm³/mol. The van der Waals surface area contributed by atoms with Crippen LogP contribution in [0.4, 0.5) is 0 Å². The number of nitrogens with zero attached hydrogens (tertiary/aromatic N) is 2. The van der Waals surface area contributed by atoms with Crippen molar-refractivity contribution in [2.24, 2.45) is 0 Å². The Kier molecular flexibility index (Phi) is 2.95. The molecule has 0 radical (unpaired) electrons. The molecule has 3 nitrogen and oxygen atoms in total. The van der Waals surface area contributed by atoms with E-state index in [9.17, 15) is 0 Å². The number of aromatic nitrogens is 3. The van der Waals surface area contributed by atoms with Crippen LogP contribution < -0.4 is 0 Å². The van der Waals surface area contributed by atoms with Gasteiger partial charge in [0, 0.05) is 20.7 Å². The van der Waals surface area contributed by atoms with E-state index in [0.29, 0.717) is 0 Å². The standard InChI is InChI=1S/C13H9Br2N3/c1-7-2-3-10(15)9(4-7)12-17-11-5-8(14)6-16-13(11)18-12/h2-6H,1H3,(H,16,17,18). The molecule has 0 saturated carbocycles. The Bertz CT molecular complexity index is 734. The van der Waals surface area contributed by atoms with E-state index in [1.54, 1.807) is 6.20 Å². The van der Waals surface area contributed by atoms with Gasteiger partial charge in [-0.15, -0.1) is 0 Å². The van der Waals surface area contributed by atoms with Crippen LogP contribution in [0.2, 0.25) is 0 Å². The minimum absolute atomic E-state index is 0.724. The maximum absolute atomic E-state index is 4.51. The lowest BCUT2D eigenvalue weighted by Crippen LogP contribution is -1.84. The average Bonchev–Trinajstić information content (AvgIpc) is 2.74. The molecule has 90 valence electrons. The van der Waals surface area contributed by atoms with Gasteiger partial charge in [0.1, 0.15) is 5.82 Å². The Morgan fingerprint density at radius 1 is 1.17 bits per heavy atom. The number of aromatic amines is 1. The molecule has 1 N–H and O–H groups in total. The fourth-order valence-corrected chi connectivity index (χ4v) is 2.59. The normalized spacial score (nSPS) is 11.1. The first-order valence-corrected chi connectivity index (χ1v) is 7.00. The first-order chi connectivity index (χ1) is 8.63. The van der Waals surface area contributed by atoms with Gasteiger partial charge in [-0.25, -0.2) is 9.97 Å². The van der Waals surface area contributed by atoms with Crippen LogP contribution in [0.15, 0.2) is 39.4 Å². The minimum atomic E-state index is 0.724. The lowest BCUT2D eigenvalue weighted by Gasteiger charge is -2.01. The van der Waals surface area contributed by atoms with Crippen molar-refractivity contribution >= 4 is 43.0 Å². The molecule has 2 heterocycles. The van der Waals surface area contributed by atoms with Crippen LogP contribution in [0.1, 0.15) is 5.56 Å². The Hall–Kier alpha value is -1.20. The zero-order chi connectivity index (χ0) is 12.7. The number of rotatable bonds is 1. The average molecular weight is 367 g/mol. The first-order valence-electron chi connectivity index (χ1n) is 5.41. The zero-order valence-electron chi connectivity index (χ0n) is 9.54. The van der Waals surface area contributed by atoms with Crippen molar-refractivity contribution in [3.8, 4) is 11.4 Å². The van der Waals surface area contributed by atoms with E-state index in [1.807, 2.05) is 12.1 Å². The zero-order valence-corrected chi connectivity index (χ0v) is 12.7. The molecule has 3 rings (SSSR count). The summed E-state index contributed by atoms with van der Waals surface area (Å²) in [6.45, 7) is 2.06. The molecule has 0 unspecified atom stereocenters. The minimum Gasteiger partial charge on any atom is -0.337 e. The summed E-state index contributed by atoms with van der Waals surface area (Å²) in [6, 6.07) is 8.16. The van der Waals surface area contributed by atoms with Crippen molar-refractivity contribution in [1.29, 1.82) is 0 Å². The van der Waals surface area contributed by atoms with Crippen molar-refractivity contribution in [3.63, 3.8) is 0 Å². The molecule has 0 bridgehead atoms. The third-order valence-corrected chi connectivity index (χ3v) is 3.81. The summed E-state index contributed by atoms with van der Waals surface area (Å²) in [7, 11) is 0. The summed E-state index contributed by atoms with van der Waals surface area (Å²) >= 11 is 6.95. The summed E-state index contributed by atoms with van der Waals surface area (Å²) in [6.07, 6.45) is 1.75. The van der Waals surface area contributed by atoms with Gasteiger partial charge in [-0.3, -0.25) is 0 Å². The summed E-state index contributed by atoms with van der Waals surface area (Å²) in [5, 5.41) is 0. The molecule has 1 aromatic carbocycles. The summed E-state index contributed by atoms with van der Waals surface area (Å²) in [5.41, 5.74) is 3.89. The number of nitrogens with one attached hydrogen (secondary N) is 1. The quantitative estimate of drug-likeness (QED) is 0.690. The van der Waals surface area contributed by atoms with Crippen molar-refractivity contribution in [3.05, 3.63) is 45.0 Å². The second kappa shape index (κ2) is 4.48. The number of hydrogen-bond donors (Lipinski definition) is 1. The third-order valence-electron chi connectivity index (χ3n) is 2.68. The SMILES string of the molecule is Cc1ccc(Br)c(-c2nc3ncc(Br)cc3[nH]2)c1. The number of benzene rings is 1. The van der Waals surface area contributed by atoms with Crippen LogP contribution >= 0.6 is 31.9 Å². The van der Waals surface area contributed by atoms with Gasteiger partial charge in [-0.2, -0.15) is 0 Å². The van der Waals surface area contributed by atoms with Crippen molar-refractivity contribution in [2.75, 3.05) is 0 Å². The third kappa shape index (κ3) is 2.08. The summed E-state index contributed by atoms with van der Waals surface area (Å²) in [4.78, 5) is 12.1. The van der Waals surface area contributed by atoms with E-state index in [4.69, 9.17) is 0 Å². The topological polar surface area (TPSA) is 41.6 Å². The van der Waals surface area contributed by atoms with Crippen LogP contribution in [0.25, 0.3) is 22.6 Å². The van der Waals surface area contributed by atoms with Gasteiger partial charge >= 0.3 is 0 Å². The Morgan fingerprint density at radius 3 is 2.83 bits per heavy atom. The number of H-pyrrole nitrogens is 1. The maximum atomic E-state index is 4.51. The lowest BCUT2D eigenvalue weighted by atomic mass is 10.1. The second-order valence-corrected chi connectivity index (χ2v) is 5.86. The van der Waals surface area contributed by atoms with Crippen LogP contribution in [0.5, 0.6) is 0 Å². The van der Waals surface area contributed by atoms with E-state index in [-0.39, 0.29) is 0 Å². The molecule has 0 aliphatic rings. The van der Waals surface area contributed by atoms with Crippen LogP contribution in [-0.4, -0.2) is 15.0 Å². The molecule has 0 atom stereocenters. The smallest absolute Gasteiger partial charge is 0.178 e. The van der Waals surface area contributed by atoms with Crippen LogP contribution in [-0.2, 0) is 0 Å². The number of aryl methyl sites for hydroxylation is 1. The highest BCUT2D eigenvalue weighted by Crippen LogP contribution is 2.28. The highest BCUT2D eigenvalue weighted by molar-refractivity contribution is 9.10. The van der Waals surface area contributed by atoms with E-state index in [0.717, 1.165) is 31.5 Å². The van der Waals surface area contributed by atoms with E-state index >= 15 is 0 Å². The molecule has 18 heavy (non-hydrogen) atoms. The second-order valence-electron chi connectivity index (χ2n) is 4.09.